The van der Waals surface area contributed by atoms with Gasteiger partial charge in [-0.15, -0.1) is 0 Å². The number of nitrogens with zero attached hydrogens (tertiary/aromatic N) is 1. The number of amides is 2. The molecule has 0 aliphatic carbocycles. The third-order valence-corrected chi connectivity index (χ3v) is 4.14. The molecule has 2 amide bonds. The molecule has 0 atom stereocenters. The number of hydrogen-bond donors (Lipinski definition) is 3. The van der Waals surface area contributed by atoms with Crippen LogP contribution in [-0.2, 0) is 4.79 Å². The van der Waals surface area contributed by atoms with Crippen molar-refractivity contribution in [2.45, 2.75) is 19.8 Å². The molecular formula is C19H19N3O5S. The molecule has 0 bridgehead atoms. The number of thiophene rings is 1. The highest BCUT2D eigenvalue weighted by atomic mass is 32.1. The van der Waals surface area contributed by atoms with Gasteiger partial charge in [-0.05, 0) is 30.0 Å². The topological polar surface area (TPSA) is 136 Å². The van der Waals surface area contributed by atoms with Crippen LogP contribution in [0.25, 0.3) is 11.3 Å². The Balaban J connectivity index is 0.000000409. The molecule has 4 N–H and O–H groups in total. The van der Waals surface area contributed by atoms with E-state index < -0.39 is 11.9 Å². The Hall–Kier alpha value is -3.46. The van der Waals surface area contributed by atoms with Crippen molar-refractivity contribution in [3.05, 3.63) is 58.3 Å². The van der Waals surface area contributed by atoms with Crippen LogP contribution in [0.4, 0.5) is 5.88 Å². The van der Waals surface area contributed by atoms with Gasteiger partial charge in [-0.1, -0.05) is 30.3 Å². The monoisotopic (exact) mass is 401 g/mol. The third-order valence-electron chi connectivity index (χ3n) is 3.46. The molecule has 2 heterocycles. The number of rotatable bonds is 6. The van der Waals surface area contributed by atoms with E-state index in [9.17, 15) is 19.5 Å². The summed E-state index contributed by atoms with van der Waals surface area (Å²) in [4.78, 5) is 33.4. The zero-order valence-corrected chi connectivity index (χ0v) is 15.9. The number of nitrogens with one attached hydrogen (secondary N) is 1. The highest BCUT2D eigenvalue weighted by Gasteiger charge is 2.25. The second-order valence-corrected chi connectivity index (χ2v) is 6.37. The van der Waals surface area contributed by atoms with Crippen LogP contribution in [0, 0.1) is 0 Å². The second kappa shape index (κ2) is 10.0. The fraction of sp³-hybridized carbons (Fsp3) is 0.158. The van der Waals surface area contributed by atoms with Crippen LogP contribution in [0.1, 0.15) is 40.5 Å². The van der Waals surface area contributed by atoms with Crippen LogP contribution >= 0.6 is 11.3 Å². The molecule has 0 unspecified atom stereocenters. The average Bonchev–Trinajstić information content (AvgIpc) is 3.32. The number of hydrogen-bond acceptors (Lipinski definition) is 6. The number of aromatic carboxylic acids is 1. The number of primary amides is 1. The van der Waals surface area contributed by atoms with Crippen LogP contribution in [0.3, 0.4) is 0 Å². The number of carboxylic acid groups (broad SMARTS) is 1. The number of anilines is 1. The van der Waals surface area contributed by atoms with E-state index in [-0.39, 0.29) is 23.0 Å². The molecule has 0 aliphatic heterocycles. The average molecular weight is 401 g/mol. The maximum absolute atomic E-state index is 12.1. The summed E-state index contributed by atoms with van der Waals surface area (Å²) >= 11 is 1.41. The van der Waals surface area contributed by atoms with E-state index in [0.717, 1.165) is 6.42 Å². The Morgan fingerprint density at radius 1 is 1.21 bits per heavy atom. The second-order valence-electron chi connectivity index (χ2n) is 5.59. The lowest BCUT2D eigenvalue weighted by atomic mass is 10.1. The molecule has 0 saturated heterocycles. The van der Waals surface area contributed by atoms with E-state index in [0.29, 0.717) is 17.5 Å². The van der Waals surface area contributed by atoms with Gasteiger partial charge in [-0.25, -0.2) is 4.79 Å². The van der Waals surface area contributed by atoms with Crippen molar-refractivity contribution >= 4 is 35.0 Å². The van der Waals surface area contributed by atoms with Crippen molar-refractivity contribution in [3.8, 4) is 11.3 Å². The van der Waals surface area contributed by atoms with E-state index in [2.05, 4.69) is 10.5 Å². The highest BCUT2D eigenvalue weighted by molar-refractivity contribution is 7.08. The number of nitrogens with two attached hydrogens (primary N) is 1. The molecule has 3 rings (SSSR count). The summed E-state index contributed by atoms with van der Waals surface area (Å²) in [6, 6.07) is 10.2. The molecule has 9 heteroatoms. The standard InChI is InChI=1S/C15H10N2O4S.C4H9NO/c18-13(9-4-2-1-3-5-9)16-14-11(15(19)20)12(17-21-14)10-6-7-22-8-10;1-2-3-4(5)6/h1-8H,(H,16,18)(H,19,20);2-3H2,1H3,(H2,5,6). The van der Waals surface area contributed by atoms with E-state index >= 15 is 0 Å². The quantitative estimate of drug-likeness (QED) is 0.577. The number of carbonyl (C=O) groups excluding carboxylic acids is 2. The van der Waals surface area contributed by atoms with Gasteiger partial charge in [0.05, 0.1) is 0 Å². The maximum atomic E-state index is 12.1. The largest absolute Gasteiger partial charge is 0.477 e. The predicted octanol–water partition coefficient (Wildman–Crippen LogP) is 3.63. The number of carboxylic acids is 1. The van der Waals surface area contributed by atoms with Gasteiger partial charge in [0.1, 0.15) is 5.69 Å². The van der Waals surface area contributed by atoms with Gasteiger partial charge in [0.15, 0.2) is 5.56 Å². The van der Waals surface area contributed by atoms with Gasteiger partial charge < -0.3 is 15.4 Å². The van der Waals surface area contributed by atoms with Gasteiger partial charge >= 0.3 is 5.97 Å². The maximum Gasteiger partial charge on any atom is 0.343 e. The lowest BCUT2D eigenvalue weighted by Gasteiger charge is -2.02. The molecule has 3 aromatic rings. The van der Waals surface area contributed by atoms with Crippen LogP contribution in [0.2, 0.25) is 0 Å². The van der Waals surface area contributed by atoms with Crippen LogP contribution in [0.15, 0.2) is 51.7 Å². The molecule has 2 aromatic heterocycles. The summed E-state index contributed by atoms with van der Waals surface area (Å²) < 4.78 is 5.01. The molecule has 0 aliphatic rings. The van der Waals surface area contributed by atoms with Crippen molar-refractivity contribution in [3.63, 3.8) is 0 Å². The van der Waals surface area contributed by atoms with Gasteiger partial charge in [-0.3, -0.25) is 14.9 Å². The van der Waals surface area contributed by atoms with Crippen LogP contribution in [-0.4, -0.2) is 28.0 Å². The minimum atomic E-state index is -1.22. The van der Waals surface area contributed by atoms with Crippen molar-refractivity contribution < 1.29 is 24.0 Å². The van der Waals surface area contributed by atoms with Gasteiger partial charge in [0.2, 0.25) is 11.8 Å². The zero-order valence-electron chi connectivity index (χ0n) is 15.0. The smallest absolute Gasteiger partial charge is 0.343 e. The summed E-state index contributed by atoms with van der Waals surface area (Å²) in [7, 11) is 0. The first-order valence-electron chi connectivity index (χ1n) is 8.34. The van der Waals surface area contributed by atoms with E-state index in [1.165, 1.54) is 11.3 Å². The SMILES string of the molecule is CCCC(N)=O.O=C(Nc1onc(-c2ccsc2)c1C(=O)O)c1ccccc1. The number of carbonyl (C=O) groups is 3. The summed E-state index contributed by atoms with van der Waals surface area (Å²) in [5.74, 6) is -2.07. The van der Waals surface area contributed by atoms with E-state index in [1.807, 2.05) is 6.92 Å². The number of aromatic nitrogens is 1. The highest BCUT2D eigenvalue weighted by Crippen LogP contribution is 2.30. The zero-order chi connectivity index (χ0) is 20.5. The Kier molecular flexibility index (Phi) is 7.46. The summed E-state index contributed by atoms with van der Waals surface area (Å²) in [5, 5.41) is 19.1. The first-order valence-corrected chi connectivity index (χ1v) is 9.28. The molecule has 28 heavy (non-hydrogen) atoms. The lowest BCUT2D eigenvalue weighted by Crippen LogP contribution is -2.13. The Morgan fingerprint density at radius 3 is 2.43 bits per heavy atom. The molecule has 146 valence electrons. The molecule has 0 saturated carbocycles. The van der Waals surface area contributed by atoms with E-state index in [1.54, 1.807) is 47.2 Å². The van der Waals surface area contributed by atoms with Crippen LogP contribution < -0.4 is 11.1 Å². The Bertz CT molecular complexity index is 936. The van der Waals surface area contributed by atoms with Gasteiger partial charge in [0.25, 0.3) is 5.91 Å². The van der Waals surface area contributed by atoms with Crippen molar-refractivity contribution in [1.29, 1.82) is 0 Å². The fourth-order valence-electron chi connectivity index (χ4n) is 2.18. The molecule has 0 radical (unpaired) electrons. The third kappa shape index (κ3) is 5.52. The predicted molar refractivity (Wildman–Crippen MR) is 105 cm³/mol. The fourth-order valence-corrected chi connectivity index (χ4v) is 2.82. The first-order chi connectivity index (χ1) is 13.4. The van der Waals surface area contributed by atoms with E-state index in [4.69, 9.17) is 10.3 Å². The summed E-state index contributed by atoms with van der Waals surface area (Å²) in [5.41, 5.74) is 5.82. The summed E-state index contributed by atoms with van der Waals surface area (Å²) in [6.45, 7) is 1.92. The lowest BCUT2D eigenvalue weighted by molar-refractivity contribution is -0.118. The Morgan fingerprint density at radius 2 is 1.93 bits per heavy atom. The molecule has 1 aromatic carbocycles. The molecular weight excluding hydrogens is 382 g/mol. The molecule has 0 spiro atoms. The van der Waals surface area contributed by atoms with Crippen molar-refractivity contribution in [1.82, 2.24) is 5.16 Å². The number of benzene rings is 1. The summed E-state index contributed by atoms with van der Waals surface area (Å²) in [6.07, 6.45) is 1.37. The van der Waals surface area contributed by atoms with Crippen molar-refractivity contribution in [2.24, 2.45) is 5.73 Å². The first kappa shape index (κ1) is 20.8. The van der Waals surface area contributed by atoms with Crippen molar-refractivity contribution in [2.75, 3.05) is 5.32 Å². The molecule has 8 nitrogen and oxygen atoms in total. The molecule has 0 fully saturated rings. The normalized spacial score (nSPS) is 9.89. The Labute approximate surface area is 165 Å². The van der Waals surface area contributed by atoms with Gasteiger partial charge in [-0.2, -0.15) is 11.3 Å². The minimum absolute atomic E-state index is 0.164. The van der Waals surface area contributed by atoms with Crippen LogP contribution in [0.5, 0.6) is 0 Å². The minimum Gasteiger partial charge on any atom is -0.477 e. The van der Waals surface area contributed by atoms with Gasteiger partial charge in [0, 0.05) is 22.9 Å².